The summed E-state index contributed by atoms with van der Waals surface area (Å²) < 4.78 is 23.9. The van der Waals surface area contributed by atoms with Crippen LogP contribution in [0.3, 0.4) is 0 Å². The van der Waals surface area contributed by atoms with E-state index in [0.29, 0.717) is 34.8 Å². The highest BCUT2D eigenvalue weighted by atomic mass is 35.5. The van der Waals surface area contributed by atoms with Gasteiger partial charge >= 0.3 is 11.9 Å². The summed E-state index contributed by atoms with van der Waals surface area (Å²) in [6.07, 6.45) is 4.13. The number of carbonyl (C=O) groups excluding carboxylic acids is 2. The van der Waals surface area contributed by atoms with Crippen LogP contribution in [0.4, 0.5) is 0 Å². The van der Waals surface area contributed by atoms with Gasteiger partial charge in [0.05, 0.1) is 5.02 Å². The minimum absolute atomic E-state index is 0.206. The van der Waals surface area contributed by atoms with Crippen LogP contribution >= 0.6 is 11.6 Å². The highest BCUT2D eigenvalue weighted by molar-refractivity contribution is 6.36. The molecule has 0 aliphatic heterocycles. The zero-order valence-corrected chi connectivity index (χ0v) is 23.0. The lowest BCUT2D eigenvalue weighted by Crippen LogP contribution is -2.26. The van der Waals surface area contributed by atoms with Gasteiger partial charge in [-0.1, -0.05) is 50.7 Å². The third-order valence-electron chi connectivity index (χ3n) is 6.48. The largest absolute Gasteiger partial charge is 0.489 e. The molecule has 0 radical (unpaired) electrons. The van der Waals surface area contributed by atoms with Gasteiger partial charge in [0.15, 0.2) is 0 Å². The monoisotopic (exact) mass is 528 g/mol. The smallest absolute Gasteiger partial charge is 0.333 e. The number of halogens is 1. The standard InChI is InChI=1S/C30H37ClO6/c1-7-20(36-29(32)18(3)4)16-34-27-22-12-9-10-13-23(22)28(26-24(27)14-11-15-25(26)31)35-17-21(8-2)37-30(33)19(5)6/h11,14-15,20-21H,3,5,7-10,12-13,16-17H2,1-2,4,6H3. The zero-order chi connectivity index (χ0) is 27.1. The van der Waals surface area contributed by atoms with Gasteiger partial charge in [0.1, 0.15) is 36.9 Å². The Morgan fingerprint density at radius 2 is 1.35 bits per heavy atom. The summed E-state index contributed by atoms with van der Waals surface area (Å²) in [5.74, 6) is 0.618. The SMILES string of the molecule is C=C(C)C(=O)OC(CC)COc1c2c(c(OCC(CC)OC(=O)C(=C)C)c3c(Cl)cccc13)CCCC2. The summed E-state index contributed by atoms with van der Waals surface area (Å²) in [6, 6.07) is 5.69. The fourth-order valence-electron chi connectivity index (χ4n) is 4.32. The summed E-state index contributed by atoms with van der Waals surface area (Å²) in [5, 5.41) is 2.17. The molecule has 2 atom stereocenters. The molecule has 0 fully saturated rings. The third-order valence-corrected chi connectivity index (χ3v) is 6.80. The molecule has 1 aliphatic rings. The first kappa shape index (κ1) is 28.6. The minimum Gasteiger partial charge on any atom is -0.489 e. The van der Waals surface area contributed by atoms with Crippen LogP contribution < -0.4 is 9.47 Å². The fourth-order valence-corrected chi connectivity index (χ4v) is 4.58. The minimum atomic E-state index is -0.429. The van der Waals surface area contributed by atoms with E-state index in [9.17, 15) is 9.59 Å². The molecule has 0 N–H and O–H groups in total. The molecule has 2 unspecified atom stereocenters. The van der Waals surface area contributed by atoms with Crippen LogP contribution in [0, 0.1) is 0 Å². The number of benzene rings is 2. The van der Waals surface area contributed by atoms with Gasteiger partial charge < -0.3 is 18.9 Å². The van der Waals surface area contributed by atoms with Gasteiger partial charge in [-0.15, -0.1) is 0 Å². The van der Waals surface area contributed by atoms with Gasteiger partial charge in [-0.05, 0) is 58.4 Å². The van der Waals surface area contributed by atoms with Crippen molar-refractivity contribution < 1.29 is 28.5 Å². The van der Waals surface area contributed by atoms with Gasteiger partial charge in [0, 0.05) is 33.0 Å². The molecule has 2 aromatic carbocycles. The number of carbonyl (C=O) groups is 2. The molecule has 6 nitrogen and oxygen atoms in total. The summed E-state index contributed by atoms with van der Waals surface area (Å²) in [4.78, 5) is 24.1. The average molecular weight is 529 g/mol. The maximum absolute atomic E-state index is 12.1. The van der Waals surface area contributed by atoms with Crippen LogP contribution in [-0.2, 0) is 31.9 Å². The van der Waals surface area contributed by atoms with Gasteiger partial charge in [-0.25, -0.2) is 9.59 Å². The first-order chi connectivity index (χ1) is 17.7. The summed E-state index contributed by atoms with van der Waals surface area (Å²) in [5.41, 5.74) is 2.86. The van der Waals surface area contributed by atoms with E-state index in [1.807, 2.05) is 32.0 Å². The fraction of sp³-hybridized carbons (Fsp3) is 0.467. The van der Waals surface area contributed by atoms with Crippen molar-refractivity contribution in [2.24, 2.45) is 0 Å². The van der Waals surface area contributed by atoms with E-state index in [2.05, 4.69) is 13.2 Å². The van der Waals surface area contributed by atoms with Crippen molar-refractivity contribution >= 4 is 34.3 Å². The molecule has 0 spiro atoms. The van der Waals surface area contributed by atoms with Crippen LogP contribution in [0.1, 0.15) is 64.5 Å². The Morgan fingerprint density at radius 3 is 1.84 bits per heavy atom. The van der Waals surface area contributed by atoms with Crippen molar-refractivity contribution in [1.82, 2.24) is 0 Å². The maximum Gasteiger partial charge on any atom is 0.333 e. The van der Waals surface area contributed by atoms with E-state index in [1.165, 1.54) is 0 Å². The highest BCUT2D eigenvalue weighted by Gasteiger charge is 2.27. The molecule has 2 aromatic rings. The van der Waals surface area contributed by atoms with Crippen molar-refractivity contribution in [2.45, 2.75) is 78.4 Å². The molecule has 0 saturated heterocycles. The van der Waals surface area contributed by atoms with Gasteiger partial charge in [-0.3, -0.25) is 0 Å². The summed E-state index contributed by atoms with van der Waals surface area (Å²) >= 11 is 6.73. The summed E-state index contributed by atoms with van der Waals surface area (Å²) in [6.45, 7) is 14.9. The Labute approximate surface area is 224 Å². The van der Waals surface area contributed by atoms with Crippen LogP contribution in [-0.4, -0.2) is 37.4 Å². The van der Waals surface area contributed by atoms with E-state index in [-0.39, 0.29) is 13.2 Å². The number of rotatable bonds is 12. The summed E-state index contributed by atoms with van der Waals surface area (Å²) in [7, 11) is 0. The Kier molecular flexibility index (Phi) is 10.0. The first-order valence-corrected chi connectivity index (χ1v) is 13.3. The number of hydrogen-bond acceptors (Lipinski definition) is 6. The van der Waals surface area contributed by atoms with E-state index < -0.39 is 24.1 Å². The first-order valence-electron chi connectivity index (χ1n) is 12.9. The second kappa shape index (κ2) is 13.0. The van der Waals surface area contributed by atoms with Crippen molar-refractivity contribution in [3.63, 3.8) is 0 Å². The van der Waals surface area contributed by atoms with Gasteiger partial charge in [0.25, 0.3) is 0 Å². The van der Waals surface area contributed by atoms with Gasteiger partial charge in [-0.2, -0.15) is 0 Å². The predicted molar refractivity (Wildman–Crippen MR) is 147 cm³/mol. The van der Waals surface area contributed by atoms with Crippen LogP contribution in [0.25, 0.3) is 10.8 Å². The topological polar surface area (TPSA) is 71.1 Å². The third kappa shape index (κ3) is 6.86. The van der Waals surface area contributed by atoms with E-state index in [1.54, 1.807) is 13.8 Å². The lowest BCUT2D eigenvalue weighted by Gasteiger charge is -2.27. The lowest BCUT2D eigenvalue weighted by molar-refractivity contribution is -0.146. The lowest BCUT2D eigenvalue weighted by atomic mass is 9.87. The Balaban J connectivity index is 1.98. The molecular formula is C30H37ClO6. The average Bonchev–Trinajstić information content (AvgIpc) is 2.88. The second-order valence-electron chi connectivity index (χ2n) is 9.54. The molecule has 200 valence electrons. The van der Waals surface area contributed by atoms with Crippen LogP contribution in [0.2, 0.25) is 5.02 Å². The molecule has 0 heterocycles. The van der Waals surface area contributed by atoms with Crippen molar-refractivity contribution in [3.05, 3.63) is 58.7 Å². The Morgan fingerprint density at radius 1 is 0.865 bits per heavy atom. The molecule has 0 saturated carbocycles. The zero-order valence-electron chi connectivity index (χ0n) is 22.3. The molecule has 0 bridgehead atoms. The molecule has 0 amide bonds. The number of hydrogen-bond donors (Lipinski definition) is 0. The molecule has 1 aliphatic carbocycles. The number of ether oxygens (including phenoxy) is 4. The maximum atomic E-state index is 12.1. The Hall–Kier alpha value is -2.99. The van der Waals surface area contributed by atoms with Crippen LogP contribution in [0.15, 0.2) is 42.5 Å². The number of fused-ring (bicyclic) bond motifs is 2. The molecule has 37 heavy (non-hydrogen) atoms. The molecular weight excluding hydrogens is 492 g/mol. The normalized spacial score (nSPS) is 14.3. The molecule has 7 heteroatoms. The predicted octanol–water partition coefficient (Wildman–Crippen LogP) is 6.93. The van der Waals surface area contributed by atoms with Crippen molar-refractivity contribution in [2.75, 3.05) is 13.2 Å². The van der Waals surface area contributed by atoms with E-state index in [4.69, 9.17) is 30.5 Å². The van der Waals surface area contributed by atoms with Crippen LogP contribution in [0.5, 0.6) is 11.5 Å². The van der Waals surface area contributed by atoms with Crippen molar-refractivity contribution in [1.29, 1.82) is 0 Å². The highest BCUT2D eigenvalue weighted by Crippen LogP contribution is 2.46. The van der Waals surface area contributed by atoms with E-state index >= 15 is 0 Å². The van der Waals surface area contributed by atoms with E-state index in [0.717, 1.165) is 53.3 Å². The molecule has 0 aromatic heterocycles. The molecule has 3 rings (SSSR count). The second-order valence-corrected chi connectivity index (χ2v) is 9.95. The van der Waals surface area contributed by atoms with Crippen molar-refractivity contribution in [3.8, 4) is 11.5 Å². The number of esters is 2. The van der Waals surface area contributed by atoms with Gasteiger partial charge in [0.2, 0.25) is 0 Å². The Bertz CT molecular complexity index is 1180. The quantitative estimate of drug-likeness (QED) is 0.220.